The Balaban J connectivity index is 1.82. The van der Waals surface area contributed by atoms with Crippen LogP contribution in [0.5, 0.6) is 5.75 Å². The van der Waals surface area contributed by atoms with Crippen molar-refractivity contribution >= 4 is 12.0 Å². The summed E-state index contributed by atoms with van der Waals surface area (Å²) in [7, 11) is 0. The van der Waals surface area contributed by atoms with Crippen LogP contribution in [0.25, 0.3) is 0 Å². The van der Waals surface area contributed by atoms with Crippen LogP contribution in [0.15, 0.2) is 24.3 Å². The van der Waals surface area contributed by atoms with E-state index >= 15 is 0 Å². The third-order valence-corrected chi connectivity index (χ3v) is 4.05. The van der Waals surface area contributed by atoms with Crippen molar-refractivity contribution in [1.29, 1.82) is 0 Å². The van der Waals surface area contributed by atoms with Gasteiger partial charge >= 0.3 is 18.4 Å². The monoisotopic (exact) mass is 360 g/mol. The number of rotatable bonds is 5. The summed E-state index contributed by atoms with van der Waals surface area (Å²) in [5.74, 6) is -1.58. The van der Waals surface area contributed by atoms with Crippen LogP contribution in [0.3, 0.4) is 0 Å². The van der Waals surface area contributed by atoms with Crippen LogP contribution in [-0.2, 0) is 11.3 Å². The molecule has 6 nitrogen and oxygen atoms in total. The number of benzene rings is 1. The van der Waals surface area contributed by atoms with Crippen LogP contribution in [0.4, 0.5) is 18.0 Å². The number of amides is 2. The van der Waals surface area contributed by atoms with Crippen molar-refractivity contribution in [3.05, 3.63) is 29.8 Å². The first-order chi connectivity index (χ1) is 11.7. The number of carbonyl (C=O) groups excluding carboxylic acids is 1. The van der Waals surface area contributed by atoms with Gasteiger partial charge in [-0.2, -0.15) is 0 Å². The summed E-state index contributed by atoms with van der Waals surface area (Å²) in [5, 5.41) is 14.1. The fraction of sp³-hybridized carbons (Fsp3) is 0.500. The Morgan fingerprint density at radius 1 is 1.16 bits per heavy atom. The smallest absolute Gasteiger partial charge is 0.481 e. The van der Waals surface area contributed by atoms with Crippen molar-refractivity contribution in [2.24, 2.45) is 5.92 Å². The number of hydrogen-bond acceptors (Lipinski definition) is 3. The number of ether oxygens (including phenoxy) is 1. The number of halogens is 3. The normalized spacial score (nSPS) is 20.6. The molecule has 1 aromatic carbocycles. The van der Waals surface area contributed by atoms with E-state index in [9.17, 15) is 22.8 Å². The minimum Gasteiger partial charge on any atom is -0.481 e. The fourth-order valence-electron chi connectivity index (χ4n) is 2.77. The molecular weight excluding hydrogens is 341 g/mol. The summed E-state index contributed by atoms with van der Waals surface area (Å²) in [6, 6.07) is 4.91. The van der Waals surface area contributed by atoms with Crippen LogP contribution in [0, 0.1) is 5.92 Å². The zero-order valence-electron chi connectivity index (χ0n) is 13.3. The van der Waals surface area contributed by atoms with Gasteiger partial charge in [0.15, 0.2) is 0 Å². The molecule has 3 N–H and O–H groups in total. The van der Waals surface area contributed by atoms with Gasteiger partial charge in [0, 0.05) is 18.2 Å². The Morgan fingerprint density at radius 3 is 2.40 bits per heavy atom. The van der Waals surface area contributed by atoms with Crippen LogP contribution in [0.2, 0.25) is 0 Å². The molecular formula is C16H19F3N2O4. The first-order valence-electron chi connectivity index (χ1n) is 7.85. The molecule has 0 heterocycles. The molecule has 0 unspecified atom stereocenters. The zero-order valence-corrected chi connectivity index (χ0v) is 13.3. The Kier molecular flexibility index (Phi) is 6.11. The first kappa shape index (κ1) is 18.9. The molecule has 2 amide bonds. The minimum absolute atomic E-state index is 0.122. The average Bonchev–Trinajstić information content (AvgIpc) is 2.53. The van der Waals surface area contributed by atoms with Gasteiger partial charge in [0.05, 0.1) is 5.92 Å². The molecule has 0 spiro atoms. The van der Waals surface area contributed by atoms with Gasteiger partial charge in [0.25, 0.3) is 0 Å². The molecule has 0 saturated heterocycles. The fourth-order valence-corrected chi connectivity index (χ4v) is 2.77. The zero-order chi connectivity index (χ0) is 18.4. The number of carboxylic acid groups (broad SMARTS) is 1. The second-order valence-corrected chi connectivity index (χ2v) is 5.87. The van der Waals surface area contributed by atoms with Gasteiger partial charge in [0.2, 0.25) is 0 Å². The lowest BCUT2D eigenvalue weighted by molar-refractivity contribution is -0.274. The van der Waals surface area contributed by atoms with E-state index < -0.39 is 18.4 Å². The lowest BCUT2D eigenvalue weighted by Gasteiger charge is -2.26. The SMILES string of the molecule is O=C(NCc1ccccc1OC(F)(F)F)NC1CCC(C(=O)O)CC1. The molecule has 1 saturated carbocycles. The highest BCUT2D eigenvalue weighted by Gasteiger charge is 2.32. The topological polar surface area (TPSA) is 87.7 Å². The lowest BCUT2D eigenvalue weighted by Crippen LogP contribution is -2.43. The van der Waals surface area contributed by atoms with Gasteiger partial charge in [-0.3, -0.25) is 4.79 Å². The number of para-hydroxylation sites is 1. The summed E-state index contributed by atoms with van der Waals surface area (Å²) in [4.78, 5) is 22.8. The van der Waals surface area contributed by atoms with Crippen LogP contribution in [0.1, 0.15) is 31.2 Å². The molecule has 1 aromatic rings. The molecule has 2 rings (SSSR count). The van der Waals surface area contributed by atoms with Crippen molar-refractivity contribution in [2.45, 2.75) is 44.6 Å². The van der Waals surface area contributed by atoms with Crippen molar-refractivity contribution in [3.8, 4) is 5.75 Å². The summed E-state index contributed by atoms with van der Waals surface area (Å²) in [5.41, 5.74) is 0.199. The van der Waals surface area contributed by atoms with Gasteiger partial charge in [-0.15, -0.1) is 13.2 Å². The van der Waals surface area contributed by atoms with E-state index in [4.69, 9.17) is 5.11 Å². The molecule has 0 radical (unpaired) electrons. The maximum Gasteiger partial charge on any atom is 0.573 e. The number of urea groups is 1. The second kappa shape index (κ2) is 8.09. The number of nitrogens with one attached hydrogen (secondary N) is 2. The number of hydrogen-bond donors (Lipinski definition) is 3. The second-order valence-electron chi connectivity index (χ2n) is 5.87. The lowest BCUT2D eigenvalue weighted by atomic mass is 9.86. The molecule has 0 aromatic heterocycles. The van der Waals surface area contributed by atoms with Gasteiger partial charge in [0.1, 0.15) is 5.75 Å². The number of alkyl halides is 3. The maximum atomic E-state index is 12.4. The predicted octanol–water partition coefficient (Wildman–Crippen LogP) is 3.03. The molecule has 1 aliphatic carbocycles. The van der Waals surface area contributed by atoms with Gasteiger partial charge < -0.3 is 20.5 Å². The minimum atomic E-state index is -4.80. The van der Waals surface area contributed by atoms with Crippen LogP contribution < -0.4 is 15.4 Å². The van der Waals surface area contributed by atoms with Gasteiger partial charge in [-0.05, 0) is 31.7 Å². The highest BCUT2D eigenvalue weighted by molar-refractivity contribution is 5.74. The van der Waals surface area contributed by atoms with Gasteiger partial charge in [-0.25, -0.2) is 4.79 Å². The molecule has 1 aliphatic rings. The Bertz CT molecular complexity index is 614. The van der Waals surface area contributed by atoms with E-state index in [2.05, 4.69) is 15.4 Å². The quantitative estimate of drug-likeness (QED) is 0.753. The van der Waals surface area contributed by atoms with Crippen molar-refractivity contribution in [1.82, 2.24) is 10.6 Å². The molecule has 138 valence electrons. The third-order valence-electron chi connectivity index (χ3n) is 4.05. The maximum absolute atomic E-state index is 12.4. The molecule has 9 heteroatoms. The van der Waals surface area contributed by atoms with Crippen LogP contribution in [-0.4, -0.2) is 29.5 Å². The Hall–Kier alpha value is -2.45. The predicted molar refractivity (Wildman–Crippen MR) is 81.9 cm³/mol. The van der Waals surface area contributed by atoms with E-state index in [1.165, 1.54) is 18.2 Å². The first-order valence-corrected chi connectivity index (χ1v) is 7.85. The van der Waals surface area contributed by atoms with E-state index in [1.807, 2.05) is 0 Å². The van der Waals surface area contributed by atoms with Crippen molar-refractivity contribution in [3.63, 3.8) is 0 Å². The summed E-state index contributed by atoms with van der Waals surface area (Å²) >= 11 is 0. The highest BCUT2D eigenvalue weighted by atomic mass is 19.4. The third kappa shape index (κ3) is 6.17. The van der Waals surface area contributed by atoms with Crippen LogP contribution >= 0.6 is 0 Å². The summed E-state index contributed by atoms with van der Waals surface area (Å²) < 4.78 is 41.0. The van der Waals surface area contributed by atoms with Gasteiger partial charge in [-0.1, -0.05) is 18.2 Å². The van der Waals surface area contributed by atoms with E-state index in [1.54, 1.807) is 6.07 Å². The van der Waals surface area contributed by atoms with Crippen molar-refractivity contribution < 1.29 is 32.6 Å². The molecule has 25 heavy (non-hydrogen) atoms. The number of carboxylic acids is 1. The van der Waals surface area contributed by atoms with E-state index in [-0.39, 0.29) is 29.8 Å². The summed E-state index contributed by atoms with van der Waals surface area (Å²) in [6.45, 7) is -0.122. The largest absolute Gasteiger partial charge is 0.573 e. The number of carbonyl (C=O) groups is 2. The standard InChI is InChI=1S/C16H19F3N2O4/c17-16(18,19)25-13-4-2-1-3-11(13)9-20-15(24)21-12-7-5-10(6-8-12)14(22)23/h1-4,10,12H,5-9H2,(H,22,23)(H2,20,21,24). The van der Waals surface area contributed by atoms with Crippen molar-refractivity contribution in [2.75, 3.05) is 0 Å². The summed E-state index contributed by atoms with van der Waals surface area (Å²) in [6.07, 6.45) is -2.72. The molecule has 1 fully saturated rings. The average molecular weight is 360 g/mol. The number of aliphatic carboxylic acids is 1. The highest BCUT2D eigenvalue weighted by Crippen LogP contribution is 2.26. The van der Waals surface area contributed by atoms with E-state index in [0.29, 0.717) is 25.7 Å². The molecule has 0 atom stereocenters. The molecule has 0 bridgehead atoms. The van der Waals surface area contributed by atoms with E-state index in [0.717, 1.165) is 0 Å². The molecule has 0 aliphatic heterocycles. The Labute approximate surface area is 142 Å². The Morgan fingerprint density at radius 2 is 1.80 bits per heavy atom.